The highest BCUT2D eigenvalue weighted by atomic mass is 32.2. The smallest absolute Gasteiger partial charge is 0.166 e. The van der Waals surface area contributed by atoms with Crippen LogP contribution < -0.4 is 5.32 Å². The third kappa shape index (κ3) is 4.62. The molecule has 1 aliphatic heterocycles. The summed E-state index contributed by atoms with van der Waals surface area (Å²) in [5.74, 6) is 2.23. The summed E-state index contributed by atoms with van der Waals surface area (Å²) in [7, 11) is 3.15. The molecule has 34 heavy (non-hydrogen) atoms. The van der Waals surface area contributed by atoms with Gasteiger partial charge < -0.3 is 10.2 Å². The minimum Gasteiger partial charge on any atom is -0.371 e. The SMILES string of the molecule is CNc1ncc(-c2ccc3c(CCN(C)C4CCS(=O)CC4)cn(-c4ccsn4)c3n2)cc1F. The fourth-order valence-corrected chi connectivity index (χ4v) is 6.27. The zero-order valence-corrected chi connectivity index (χ0v) is 20.8. The first-order chi connectivity index (χ1) is 16.5. The van der Waals surface area contributed by atoms with Crippen molar-refractivity contribution in [1.29, 1.82) is 0 Å². The number of rotatable bonds is 7. The van der Waals surface area contributed by atoms with Crippen LogP contribution in [0.2, 0.25) is 0 Å². The van der Waals surface area contributed by atoms with E-state index in [0.29, 0.717) is 17.3 Å². The minimum absolute atomic E-state index is 0.214. The van der Waals surface area contributed by atoms with Crippen molar-refractivity contribution in [3.63, 3.8) is 0 Å². The molecule has 5 heterocycles. The number of fused-ring (bicyclic) bond motifs is 1. The fourth-order valence-electron chi connectivity index (χ4n) is 4.50. The third-order valence-corrected chi connectivity index (χ3v) is 8.43. The van der Waals surface area contributed by atoms with Crippen molar-refractivity contribution in [2.75, 3.05) is 37.5 Å². The molecule has 0 radical (unpaired) electrons. The lowest BCUT2D eigenvalue weighted by molar-refractivity contribution is 0.231. The molecule has 0 unspecified atom stereocenters. The van der Waals surface area contributed by atoms with Gasteiger partial charge in [-0.1, -0.05) is 0 Å². The van der Waals surface area contributed by atoms with Gasteiger partial charge in [-0.25, -0.2) is 14.4 Å². The van der Waals surface area contributed by atoms with E-state index in [1.54, 1.807) is 13.2 Å². The average Bonchev–Trinajstić information content (AvgIpc) is 3.50. The van der Waals surface area contributed by atoms with E-state index >= 15 is 0 Å². The van der Waals surface area contributed by atoms with Crippen molar-refractivity contribution < 1.29 is 8.60 Å². The Bertz CT molecular complexity index is 1310. The molecular formula is C24H27FN6OS2. The van der Waals surface area contributed by atoms with Gasteiger partial charge in [0.1, 0.15) is 5.65 Å². The standard InChI is InChI=1S/C24H27FN6OS2/c1-26-23-20(25)13-17(14-27-23)21-4-3-19-16(5-9-30(2)18-7-11-34(32)12-8-18)15-31(24(19)28-21)22-6-10-33-29-22/h3-4,6,10,13-15,18H,5,7-9,11-12H2,1-2H3,(H,26,27). The first-order valence-corrected chi connectivity index (χ1v) is 13.7. The summed E-state index contributed by atoms with van der Waals surface area (Å²) in [5.41, 5.74) is 3.28. The zero-order valence-electron chi connectivity index (χ0n) is 19.2. The Balaban J connectivity index is 1.46. The molecule has 7 nitrogen and oxygen atoms in total. The number of nitrogens with zero attached hydrogens (tertiary/aromatic N) is 5. The lowest BCUT2D eigenvalue weighted by Crippen LogP contribution is -2.38. The van der Waals surface area contributed by atoms with Crippen molar-refractivity contribution in [3.8, 4) is 17.1 Å². The average molecular weight is 499 g/mol. The van der Waals surface area contributed by atoms with E-state index < -0.39 is 16.6 Å². The van der Waals surface area contributed by atoms with E-state index in [1.807, 2.05) is 22.1 Å². The molecule has 1 N–H and O–H groups in total. The second-order valence-electron chi connectivity index (χ2n) is 8.56. The summed E-state index contributed by atoms with van der Waals surface area (Å²) in [6, 6.07) is 7.89. The molecule has 0 bridgehead atoms. The molecule has 0 aliphatic carbocycles. The second-order valence-corrected chi connectivity index (χ2v) is 10.9. The maximum atomic E-state index is 14.3. The Morgan fingerprint density at radius 3 is 2.82 bits per heavy atom. The quantitative estimate of drug-likeness (QED) is 0.413. The van der Waals surface area contributed by atoms with Gasteiger partial charge in [0.15, 0.2) is 17.5 Å². The number of nitrogens with one attached hydrogen (secondary N) is 1. The predicted molar refractivity (Wildman–Crippen MR) is 137 cm³/mol. The second kappa shape index (κ2) is 9.89. The number of halogens is 1. The van der Waals surface area contributed by atoms with Gasteiger partial charge in [0, 0.05) is 70.7 Å². The maximum absolute atomic E-state index is 14.3. The van der Waals surface area contributed by atoms with E-state index in [4.69, 9.17) is 4.98 Å². The van der Waals surface area contributed by atoms with Crippen LogP contribution in [-0.4, -0.2) is 66.2 Å². The summed E-state index contributed by atoms with van der Waals surface area (Å²) in [5, 5.41) is 5.76. The van der Waals surface area contributed by atoms with Crippen molar-refractivity contribution >= 4 is 39.2 Å². The fraction of sp³-hybridized carbons (Fsp3) is 0.375. The molecule has 0 spiro atoms. The first-order valence-electron chi connectivity index (χ1n) is 11.3. The van der Waals surface area contributed by atoms with Crippen LogP contribution in [-0.2, 0) is 17.2 Å². The molecule has 4 aromatic heterocycles. The van der Waals surface area contributed by atoms with Crippen LogP contribution in [0.15, 0.2) is 42.0 Å². The van der Waals surface area contributed by atoms with Crippen LogP contribution in [0.5, 0.6) is 0 Å². The summed E-state index contributed by atoms with van der Waals surface area (Å²) >= 11 is 1.40. The van der Waals surface area contributed by atoms with Gasteiger partial charge in [-0.15, -0.1) is 0 Å². The minimum atomic E-state index is -0.647. The van der Waals surface area contributed by atoms with Crippen LogP contribution in [0.3, 0.4) is 0 Å². The van der Waals surface area contributed by atoms with Gasteiger partial charge in [-0.3, -0.25) is 8.78 Å². The molecule has 0 atom stereocenters. The molecule has 1 fully saturated rings. The van der Waals surface area contributed by atoms with Gasteiger partial charge in [0.05, 0.1) is 5.69 Å². The molecule has 0 saturated carbocycles. The van der Waals surface area contributed by atoms with Crippen molar-refractivity contribution in [2.24, 2.45) is 0 Å². The molecule has 0 amide bonds. The number of pyridine rings is 2. The Kier molecular flexibility index (Phi) is 6.71. The summed E-state index contributed by atoms with van der Waals surface area (Å²) < 4.78 is 32.5. The van der Waals surface area contributed by atoms with E-state index in [-0.39, 0.29) is 5.82 Å². The molecule has 10 heteroatoms. The third-order valence-electron chi connectivity index (χ3n) is 6.49. The van der Waals surface area contributed by atoms with Crippen molar-refractivity contribution in [3.05, 3.63) is 53.4 Å². The van der Waals surface area contributed by atoms with Gasteiger partial charge in [0.2, 0.25) is 0 Å². The molecule has 1 saturated heterocycles. The van der Waals surface area contributed by atoms with Crippen molar-refractivity contribution in [2.45, 2.75) is 25.3 Å². The van der Waals surface area contributed by atoms with E-state index in [1.165, 1.54) is 23.2 Å². The number of anilines is 1. The highest BCUT2D eigenvalue weighted by molar-refractivity contribution is 7.85. The number of aromatic nitrogens is 4. The zero-order chi connectivity index (χ0) is 23.7. The van der Waals surface area contributed by atoms with Crippen LogP contribution >= 0.6 is 11.5 Å². The number of hydrogen-bond donors (Lipinski definition) is 1. The van der Waals surface area contributed by atoms with Gasteiger partial charge in [-0.05, 0) is 67.7 Å². The Morgan fingerprint density at radius 2 is 2.12 bits per heavy atom. The molecule has 1 aliphatic rings. The molecule has 178 valence electrons. The predicted octanol–water partition coefficient (Wildman–Crippen LogP) is 4.11. The summed E-state index contributed by atoms with van der Waals surface area (Å²) in [4.78, 5) is 11.4. The summed E-state index contributed by atoms with van der Waals surface area (Å²) in [6.07, 6.45) is 6.60. The normalized spacial score (nSPS) is 18.6. The van der Waals surface area contributed by atoms with Crippen LogP contribution in [0.4, 0.5) is 10.2 Å². The highest BCUT2D eigenvalue weighted by Gasteiger charge is 2.22. The van der Waals surface area contributed by atoms with Crippen LogP contribution in [0, 0.1) is 5.82 Å². The molecule has 0 aromatic carbocycles. The van der Waals surface area contributed by atoms with Gasteiger partial charge >= 0.3 is 0 Å². The Hall–Kier alpha value is -2.69. The van der Waals surface area contributed by atoms with Gasteiger partial charge in [-0.2, -0.15) is 4.37 Å². The van der Waals surface area contributed by atoms with Gasteiger partial charge in [0.25, 0.3) is 0 Å². The van der Waals surface area contributed by atoms with Crippen LogP contribution in [0.25, 0.3) is 28.1 Å². The van der Waals surface area contributed by atoms with E-state index in [2.05, 4.69) is 38.9 Å². The monoisotopic (exact) mass is 498 g/mol. The molecule has 5 rings (SSSR count). The first kappa shape index (κ1) is 23.1. The molecule has 4 aromatic rings. The topological polar surface area (TPSA) is 75.9 Å². The van der Waals surface area contributed by atoms with E-state index in [0.717, 1.165) is 54.2 Å². The number of likely N-dealkylation sites (N-methyl/N-ethyl adjacent to an activating group) is 1. The largest absolute Gasteiger partial charge is 0.371 e. The number of hydrogen-bond acceptors (Lipinski definition) is 7. The van der Waals surface area contributed by atoms with E-state index in [9.17, 15) is 8.60 Å². The van der Waals surface area contributed by atoms with Crippen molar-refractivity contribution in [1.82, 2.24) is 23.8 Å². The summed E-state index contributed by atoms with van der Waals surface area (Å²) in [6.45, 7) is 0.913. The molecular weight excluding hydrogens is 471 g/mol. The lowest BCUT2D eigenvalue weighted by atomic mass is 10.1. The highest BCUT2D eigenvalue weighted by Crippen LogP contribution is 2.28. The Labute approximate surface area is 204 Å². The lowest BCUT2D eigenvalue weighted by Gasteiger charge is -2.30. The van der Waals surface area contributed by atoms with Crippen LogP contribution in [0.1, 0.15) is 18.4 Å². The maximum Gasteiger partial charge on any atom is 0.166 e. The Morgan fingerprint density at radius 1 is 1.29 bits per heavy atom.